The largest absolute Gasteiger partial charge is 0.396 e. The van der Waals surface area contributed by atoms with Gasteiger partial charge in [0.2, 0.25) is 0 Å². The number of pyridine rings is 1. The van der Waals surface area contributed by atoms with E-state index in [9.17, 15) is 14.3 Å². The van der Waals surface area contributed by atoms with E-state index in [1.807, 2.05) is 30.0 Å². The average Bonchev–Trinajstić information content (AvgIpc) is 3.55. The summed E-state index contributed by atoms with van der Waals surface area (Å²) in [5.74, 6) is -0.609. The van der Waals surface area contributed by atoms with Crippen LogP contribution in [0.1, 0.15) is 66.6 Å². The van der Waals surface area contributed by atoms with Gasteiger partial charge in [0.05, 0.1) is 5.56 Å². The molecule has 1 aromatic heterocycles. The second-order valence-corrected chi connectivity index (χ2v) is 8.63. The number of hydrogen-bond donors (Lipinski definition) is 1. The van der Waals surface area contributed by atoms with Crippen molar-refractivity contribution in [3.05, 3.63) is 65.2 Å². The molecule has 2 aliphatic rings. The van der Waals surface area contributed by atoms with Crippen molar-refractivity contribution >= 4 is 5.91 Å². The fourth-order valence-electron chi connectivity index (χ4n) is 4.87. The maximum absolute atomic E-state index is 14.5. The van der Waals surface area contributed by atoms with Crippen molar-refractivity contribution in [2.75, 3.05) is 6.61 Å². The highest BCUT2D eigenvalue weighted by atomic mass is 19.1. The maximum atomic E-state index is 14.5. The van der Waals surface area contributed by atoms with Crippen LogP contribution in [-0.2, 0) is 5.41 Å². The van der Waals surface area contributed by atoms with E-state index in [4.69, 9.17) is 0 Å². The Bertz CT molecular complexity index is 858. The van der Waals surface area contributed by atoms with Crippen LogP contribution in [0.2, 0.25) is 0 Å². The van der Waals surface area contributed by atoms with Crippen molar-refractivity contribution in [1.29, 1.82) is 0 Å². The third kappa shape index (κ3) is 4.06. The van der Waals surface area contributed by atoms with Gasteiger partial charge in [-0.3, -0.25) is 9.78 Å². The van der Waals surface area contributed by atoms with Gasteiger partial charge in [-0.15, -0.1) is 0 Å². The highest BCUT2D eigenvalue weighted by Crippen LogP contribution is 2.44. The van der Waals surface area contributed by atoms with Gasteiger partial charge in [0.25, 0.3) is 5.91 Å². The molecule has 4 nitrogen and oxygen atoms in total. The van der Waals surface area contributed by atoms with Crippen LogP contribution >= 0.6 is 0 Å². The van der Waals surface area contributed by atoms with Gasteiger partial charge < -0.3 is 10.0 Å². The number of hydrogen-bond acceptors (Lipinski definition) is 3. The quantitative estimate of drug-likeness (QED) is 0.788. The first-order chi connectivity index (χ1) is 14.0. The molecular formula is C24H29FN2O2. The molecule has 0 spiro atoms. The molecule has 154 valence electrons. The lowest BCUT2D eigenvalue weighted by Crippen LogP contribution is -2.47. The van der Waals surface area contributed by atoms with Gasteiger partial charge in [0.15, 0.2) is 0 Å². The van der Waals surface area contributed by atoms with Crippen molar-refractivity contribution in [3.63, 3.8) is 0 Å². The fraction of sp³-hybridized carbons (Fsp3) is 0.500. The lowest BCUT2D eigenvalue weighted by molar-refractivity contribution is 0.0544. The van der Waals surface area contributed by atoms with Gasteiger partial charge in [-0.1, -0.05) is 12.1 Å². The van der Waals surface area contributed by atoms with Crippen LogP contribution in [0.15, 0.2) is 42.6 Å². The summed E-state index contributed by atoms with van der Waals surface area (Å²) < 4.78 is 14.5. The summed E-state index contributed by atoms with van der Waals surface area (Å²) >= 11 is 0. The Labute approximate surface area is 171 Å². The van der Waals surface area contributed by atoms with Crippen LogP contribution in [0.25, 0.3) is 0 Å². The van der Waals surface area contributed by atoms with Gasteiger partial charge in [0, 0.05) is 36.0 Å². The van der Waals surface area contributed by atoms with E-state index in [0.29, 0.717) is 6.42 Å². The molecule has 1 heterocycles. The molecule has 0 bridgehead atoms. The molecule has 0 aliphatic heterocycles. The molecule has 0 radical (unpaired) electrons. The van der Waals surface area contributed by atoms with E-state index in [2.05, 4.69) is 4.98 Å². The Hall–Kier alpha value is -2.27. The second kappa shape index (κ2) is 8.23. The molecule has 5 heteroatoms. The van der Waals surface area contributed by atoms with Crippen LogP contribution in [0.3, 0.4) is 0 Å². The third-order valence-corrected chi connectivity index (χ3v) is 6.63. The number of carbonyl (C=O) groups excluding carboxylic acids is 1. The summed E-state index contributed by atoms with van der Waals surface area (Å²) in [4.78, 5) is 19.8. The first kappa shape index (κ1) is 20.0. The Balaban J connectivity index is 1.54. The first-order valence-corrected chi connectivity index (χ1v) is 10.7. The maximum Gasteiger partial charge on any atom is 0.257 e. The molecule has 1 aromatic carbocycles. The van der Waals surface area contributed by atoms with Crippen molar-refractivity contribution in [3.8, 4) is 0 Å². The predicted octanol–water partition coefficient (Wildman–Crippen LogP) is 4.40. The number of nitrogens with zero attached hydrogens (tertiary/aromatic N) is 2. The van der Waals surface area contributed by atoms with E-state index < -0.39 is 5.82 Å². The summed E-state index contributed by atoms with van der Waals surface area (Å²) in [6.45, 7) is 1.95. The van der Waals surface area contributed by atoms with Crippen molar-refractivity contribution in [2.24, 2.45) is 0 Å². The number of rotatable bonds is 6. The van der Waals surface area contributed by atoms with Crippen molar-refractivity contribution in [1.82, 2.24) is 9.88 Å². The number of carbonyl (C=O) groups is 1. The van der Waals surface area contributed by atoms with Crippen LogP contribution in [0.4, 0.5) is 4.39 Å². The van der Waals surface area contributed by atoms with Crippen LogP contribution in [0.5, 0.6) is 0 Å². The Morgan fingerprint density at radius 3 is 2.48 bits per heavy atom. The predicted molar refractivity (Wildman–Crippen MR) is 110 cm³/mol. The molecule has 2 aromatic rings. The minimum atomic E-state index is -0.431. The Kier molecular flexibility index (Phi) is 5.68. The summed E-state index contributed by atoms with van der Waals surface area (Å²) in [7, 11) is 0. The molecule has 0 unspecified atom stereocenters. The number of halogens is 1. The Morgan fingerprint density at radius 2 is 1.90 bits per heavy atom. The minimum Gasteiger partial charge on any atom is -0.396 e. The highest BCUT2D eigenvalue weighted by Gasteiger charge is 2.44. The SMILES string of the molecule is Cc1ccc(C(=O)N(C2CC2)[C@H]2CC[C@](CCO)(c3ccccn3)CC2)c(F)c1. The van der Waals surface area contributed by atoms with Crippen LogP contribution in [-0.4, -0.2) is 39.6 Å². The smallest absolute Gasteiger partial charge is 0.257 e. The standard InChI is InChI=1S/C24H29FN2O2/c1-17-5-8-20(21(25)16-17)23(29)27(18-6-7-18)19-9-11-24(12-10-19,13-15-28)22-4-2-3-14-26-22/h2-5,8,14,16,18-19,28H,6-7,9-13,15H2,1H3/t19-,24-. The van der Waals surface area contributed by atoms with Crippen LogP contribution < -0.4 is 0 Å². The molecule has 0 saturated heterocycles. The molecule has 2 aliphatic carbocycles. The number of aromatic nitrogens is 1. The zero-order chi connectivity index (χ0) is 20.4. The van der Waals surface area contributed by atoms with E-state index in [0.717, 1.165) is 49.8 Å². The molecular weight excluding hydrogens is 367 g/mol. The zero-order valence-electron chi connectivity index (χ0n) is 17.0. The van der Waals surface area contributed by atoms with E-state index in [1.165, 1.54) is 6.07 Å². The van der Waals surface area contributed by atoms with E-state index in [1.54, 1.807) is 18.3 Å². The summed E-state index contributed by atoms with van der Waals surface area (Å²) in [6.07, 6.45) is 7.94. The fourth-order valence-corrected chi connectivity index (χ4v) is 4.87. The number of aliphatic hydroxyl groups is 1. The van der Waals surface area contributed by atoms with Gasteiger partial charge in [0.1, 0.15) is 5.82 Å². The number of amides is 1. The number of benzene rings is 1. The highest BCUT2D eigenvalue weighted by molar-refractivity contribution is 5.95. The number of aryl methyl sites for hydroxylation is 1. The van der Waals surface area contributed by atoms with Crippen molar-refractivity contribution in [2.45, 2.75) is 69.4 Å². The third-order valence-electron chi connectivity index (χ3n) is 6.63. The van der Waals surface area contributed by atoms with Gasteiger partial charge in [-0.2, -0.15) is 0 Å². The van der Waals surface area contributed by atoms with E-state index in [-0.39, 0.29) is 35.6 Å². The minimum absolute atomic E-state index is 0.117. The Morgan fingerprint density at radius 1 is 1.17 bits per heavy atom. The molecule has 1 amide bonds. The molecule has 1 N–H and O–H groups in total. The lowest BCUT2D eigenvalue weighted by atomic mass is 9.68. The lowest BCUT2D eigenvalue weighted by Gasteiger charge is -2.43. The summed E-state index contributed by atoms with van der Waals surface area (Å²) in [6, 6.07) is 11.2. The molecule has 0 atom stereocenters. The second-order valence-electron chi connectivity index (χ2n) is 8.63. The summed E-state index contributed by atoms with van der Waals surface area (Å²) in [5.41, 5.74) is 1.89. The normalized spacial score (nSPS) is 24.3. The first-order valence-electron chi connectivity index (χ1n) is 10.7. The molecule has 29 heavy (non-hydrogen) atoms. The molecule has 2 saturated carbocycles. The zero-order valence-corrected chi connectivity index (χ0v) is 17.0. The average molecular weight is 397 g/mol. The van der Waals surface area contributed by atoms with Gasteiger partial charge >= 0.3 is 0 Å². The van der Waals surface area contributed by atoms with E-state index >= 15 is 0 Å². The molecule has 2 fully saturated rings. The van der Waals surface area contributed by atoms with Gasteiger partial charge in [-0.05, 0) is 81.7 Å². The molecule has 4 rings (SSSR count). The topological polar surface area (TPSA) is 53.4 Å². The summed E-state index contributed by atoms with van der Waals surface area (Å²) in [5, 5.41) is 9.67. The van der Waals surface area contributed by atoms with Crippen LogP contribution in [0, 0.1) is 12.7 Å². The number of aliphatic hydroxyl groups excluding tert-OH is 1. The van der Waals surface area contributed by atoms with Gasteiger partial charge in [-0.25, -0.2) is 4.39 Å². The monoisotopic (exact) mass is 396 g/mol. The van der Waals surface area contributed by atoms with Crippen molar-refractivity contribution < 1.29 is 14.3 Å².